The topological polar surface area (TPSA) is 98.5 Å². The van der Waals surface area contributed by atoms with Gasteiger partial charge in [0.1, 0.15) is 0 Å². The van der Waals surface area contributed by atoms with Crippen LogP contribution in [0.3, 0.4) is 0 Å². The van der Waals surface area contributed by atoms with Gasteiger partial charge in [0.2, 0.25) is 5.89 Å². The van der Waals surface area contributed by atoms with E-state index >= 15 is 0 Å². The van der Waals surface area contributed by atoms with Crippen molar-refractivity contribution in [3.05, 3.63) is 35.5 Å². The highest BCUT2D eigenvalue weighted by molar-refractivity contribution is 5.73. The molecule has 0 saturated heterocycles. The second-order valence-corrected chi connectivity index (χ2v) is 4.46. The van der Waals surface area contributed by atoms with Gasteiger partial charge in [-0.15, -0.1) is 0 Å². The van der Waals surface area contributed by atoms with Gasteiger partial charge >= 0.3 is 6.03 Å². The number of carbonyl (C=O) groups is 1. The van der Waals surface area contributed by atoms with Crippen LogP contribution in [-0.2, 0) is 13.1 Å². The van der Waals surface area contributed by atoms with Gasteiger partial charge in [0.25, 0.3) is 0 Å². The van der Waals surface area contributed by atoms with E-state index in [9.17, 15) is 4.79 Å². The molecule has 0 aliphatic carbocycles. The zero-order valence-corrected chi connectivity index (χ0v) is 12.7. The smallest absolute Gasteiger partial charge is 0.315 e. The molecule has 0 atom stereocenters. The number of nitrogens with one attached hydrogen (secondary N) is 2. The first-order valence-electron chi connectivity index (χ1n) is 6.64. The molecule has 0 radical (unpaired) electrons. The first-order valence-corrected chi connectivity index (χ1v) is 6.64. The molecule has 0 aliphatic rings. The lowest BCUT2D eigenvalue weighted by atomic mass is 10.2. The zero-order chi connectivity index (χ0) is 15.9. The van der Waals surface area contributed by atoms with E-state index in [4.69, 9.17) is 14.0 Å². The minimum absolute atomic E-state index is 0.179. The van der Waals surface area contributed by atoms with Crippen molar-refractivity contribution in [2.24, 2.45) is 0 Å². The van der Waals surface area contributed by atoms with Crippen LogP contribution >= 0.6 is 0 Å². The highest BCUT2D eigenvalue weighted by Gasteiger charge is 2.07. The van der Waals surface area contributed by atoms with Crippen molar-refractivity contribution in [1.29, 1.82) is 0 Å². The summed E-state index contributed by atoms with van der Waals surface area (Å²) in [5.74, 6) is 2.15. The molecule has 8 nitrogen and oxygen atoms in total. The van der Waals surface area contributed by atoms with Crippen LogP contribution in [-0.4, -0.2) is 30.4 Å². The maximum absolute atomic E-state index is 11.7. The third-order valence-corrected chi connectivity index (χ3v) is 2.87. The summed E-state index contributed by atoms with van der Waals surface area (Å²) in [4.78, 5) is 15.7. The maximum atomic E-state index is 11.7. The molecule has 2 N–H and O–H groups in total. The molecule has 0 unspecified atom stereocenters. The number of rotatable bonds is 6. The van der Waals surface area contributed by atoms with Crippen molar-refractivity contribution in [2.45, 2.75) is 20.0 Å². The van der Waals surface area contributed by atoms with Gasteiger partial charge in [-0.05, 0) is 24.6 Å². The molecule has 1 heterocycles. The van der Waals surface area contributed by atoms with Crippen LogP contribution < -0.4 is 20.1 Å². The number of amides is 2. The molecular formula is C14H18N4O4. The standard InChI is InChI=1S/C14H18N4O4/c1-9-17-13(22-18-9)8-16-14(19)15-7-10-4-5-11(20-2)12(6-10)21-3/h4-6H,7-8H2,1-3H3,(H2,15,16,19). The Labute approximate surface area is 127 Å². The summed E-state index contributed by atoms with van der Waals surface area (Å²) in [5.41, 5.74) is 0.890. The lowest BCUT2D eigenvalue weighted by Crippen LogP contribution is -2.34. The van der Waals surface area contributed by atoms with Gasteiger partial charge in [-0.1, -0.05) is 11.2 Å². The lowest BCUT2D eigenvalue weighted by Gasteiger charge is -2.10. The van der Waals surface area contributed by atoms with Crippen LogP contribution in [0, 0.1) is 6.92 Å². The van der Waals surface area contributed by atoms with Crippen LogP contribution in [0.15, 0.2) is 22.7 Å². The van der Waals surface area contributed by atoms with Crippen molar-refractivity contribution in [1.82, 2.24) is 20.8 Å². The third kappa shape index (κ3) is 4.11. The lowest BCUT2D eigenvalue weighted by molar-refractivity contribution is 0.238. The van der Waals surface area contributed by atoms with Gasteiger partial charge in [-0.3, -0.25) is 0 Å². The Morgan fingerprint density at radius 3 is 2.55 bits per heavy atom. The number of benzene rings is 1. The monoisotopic (exact) mass is 306 g/mol. The fourth-order valence-corrected chi connectivity index (χ4v) is 1.80. The van der Waals surface area contributed by atoms with Crippen LogP contribution in [0.25, 0.3) is 0 Å². The van der Waals surface area contributed by atoms with Gasteiger partial charge in [-0.25, -0.2) is 4.79 Å². The molecule has 2 aromatic rings. The Kier molecular flexibility index (Phi) is 5.18. The largest absolute Gasteiger partial charge is 0.493 e. The molecule has 0 spiro atoms. The van der Waals surface area contributed by atoms with Crippen molar-refractivity contribution < 1.29 is 18.8 Å². The first-order chi connectivity index (χ1) is 10.6. The summed E-state index contributed by atoms with van der Waals surface area (Å²) in [5, 5.41) is 9.00. The predicted molar refractivity (Wildman–Crippen MR) is 77.7 cm³/mol. The van der Waals surface area contributed by atoms with Crippen molar-refractivity contribution in [3.8, 4) is 11.5 Å². The number of methoxy groups -OCH3 is 2. The molecule has 1 aromatic carbocycles. The highest BCUT2D eigenvalue weighted by atomic mass is 16.5. The number of hydrogen-bond acceptors (Lipinski definition) is 6. The van der Waals surface area contributed by atoms with Crippen molar-refractivity contribution in [3.63, 3.8) is 0 Å². The van der Waals surface area contributed by atoms with E-state index < -0.39 is 0 Å². The molecule has 2 rings (SSSR count). The van der Waals surface area contributed by atoms with E-state index in [-0.39, 0.29) is 12.6 Å². The second kappa shape index (κ2) is 7.30. The molecule has 8 heteroatoms. The average Bonchev–Trinajstić information content (AvgIpc) is 2.96. The Balaban J connectivity index is 1.83. The summed E-state index contributed by atoms with van der Waals surface area (Å²) in [6.07, 6.45) is 0. The SMILES string of the molecule is COc1ccc(CNC(=O)NCc2nc(C)no2)cc1OC. The summed E-state index contributed by atoms with van der Waals surface area (Å²) >= 11 is 0. The second-order valence-electron chi connectivity index (χ2n) is 4.46. The quantitative estimate of drug-likeness (QED) is 0.837. The fraction of sp³-hybridized carbons (Fsp3) is 0.357. The van der Waals surface area contributed by atoms with Gasteiger partial charge in [0, 0.05) is 6.54 Å². The summed E-state index contributed by atoms with van der Waals surface area (Å²) in [6.45, 7) is 2.25. The molecule has 0 saturated carbocycles. The number of ether oxygens (including phenoxy) is 2. The molecule has 2 amide bonds. The molecule has 0 aliphatic heterocycles. The average molecular weight is 306 g/mol. The summed E-state index contributed by atoms with van der Waals surface area (Å²) < 4.78 is 15.3. The van der Waals surface area contributed by atoms with E-state index in [1.807, 2.05) is 6.07 Å². The predicted octanol–water partition coefficient (Wildman–Crippen LogP) is 1.39. The number of aryl methyl sites for hydroxylation is 1. The van der Waals surface area contributed by atoms with Crippen molar-refractivity contribution in [2.75, 3.05) is 14.2 Å². The maximum Gasteiger partial charge on any atom is 0.315 e. The third-order valence-electron chi connectivity index (χ3n) is 2.87. The van der Waals surface area contributed by atoms with E-state index in [0.717, 1.165) is 5.56 Å². The van der Waals surface area contributed by atoms with E-state index in [1.165, 1.54) is 0 Å². The van der Waals surface area contributed by atoms with Gasteiger partial charge < -0.3 is 24.6 Å². The molecule has 22 heavy (non-hydrogen) atoms. The van der Waals surface area contributed by atoms with E-state index in [2.05, 4.69) is 20.8 Å². The normalized spacial score (nSPS) is 10.1. The number of urea groups is 1. The summed E-state index contributed by atoms with van der Waals surface area (Å²) in [7, 11) is 3.14. The van der Waals surface area contributed by atoms with Crippen molar-refractivity contribution >= 4 is 6.03 Å². The Hall–Kier alpha value is -2.77. The molecule has 0 fully saturated rings. The van der Waals surface area contributed by atoms with E-state index in [0.29, 0.717) is 29.8 Å². The fourth-order valence-electron chi connectivity index (χ4n) is 1.80. The molecule has 118 valence electrons. The van der Waals surface area contributed by atoms with Gasteiger partial charge in [0.05, 0.1) is 20.8 Å². The number of carbonyl (C=O) groups excluding carboxylic acids is 1. The Morgan fingerprint density at radius 1 is 1.18 bits per heavy atom. The van der Waals surface area contributed by atoms with Crippen LogP contribution in [0.2, 0.25) is 0 Å². The number of hydrogen-bond donors (Lipinski definition) is 2. The van der Waals surface area contributed by atoms with Crippen LogP contribution in [0.1, 0.15) is 17.3 Å². The molecule has 0 bridgehead atoms. The highest BCUT2D eigenvalue weighted by Crippen LogP contribution is 2.27. The molecule has 1 aromatic heterocycles. The van der Waals surface area contributed by atoms with Gasteiger partial charge in [0.15, 0.2) is 17.3 Å². The Morgan fingerprint density at radius 2 is 1.91 bits per heavy atom. The van der Waals surface area contributed by atoms with E-state index in [1.54, 1.807) is 33.3 Å². The van der Waals surface area contributed by atoms with Crippen LogP contribution in [0.4, 0.5) is 4.79 Å². The number of aromatic nitrogens is 2. The van der Waals surface area contributed by atoms with Gasteiger partial charge in [-0.2, -0.15) is 4.98 Å². The summed E-state index contributed by atoms with van der Waals surface area (Å²) in [6, 6.07) is 5.11. The van der Waals surface area contributed by atoms with Crippen LogP contribution in [0.5, 0.6) is 11.5 Å². The Bertz CT molecular complexity index is 642. The zero-order valence-electron chi connectivity index (χ0n) is 12.7. The first kappa shape index (κ1) is 15.6. The minimum Gasteiger partial charge on any atom is -0.493 e. The molecular weight excluding hydrogens is 288 g/mol. The minimum atomic E-state index is -0.328. The number of nitrogens with zero attached hydrogens (tertiary/aromatic N) is 2.